The van der Waals surface area contributed by atoms with Crippen LogP contribution in [0.1, 0.15) is 78.4 Å². The highest BCUT2D eigenvalue weighted by molar-refractivity contribution is 5.57. The molecule has 1 aliphatic heterocycles. The van der Waals surface area contributed by atoms with Crippen molar-refractivity contribution in [1.29, 1.82) is 0 Å². The van der Waals surface area contributed by atoms with E-state index in [0.29, 0.717) is 0 Å². The molecule has 0 saturated heterocycles. The minimum atomic E-state index is 0.0609. The molecule has 1 aromatic carbocycles. The van der Waals surface area contributed by atoms with Gasteiger partial charge in [-0.05, 0) is 36.5 Å². The van der Waals surface area contributed by atoms with Gasteiger partial charge in [-0.3, -0.25) is 0 Å². The molecule has 2 atom stereocenters. The highest BCUT2D eigenvalue weighted by atomic mass is 16.6. The Balaban J connectivity index is 2.14. The second-order valence-electron chi connectivity index (χ2n) is 8.92. The summed E-state index contributed by atoms with van der Waals surface area (Å²) in [6, 6.07) is 4.48. The first-order chi connectivity index (χ1) is 10.2. The first kappa shape index (κ1) is 15.7. The van der Waals surface area contributed by atoms with Crippen LogP contribution in [-0.2, 0) is 10.8 Å². The lowest BCUT2D eigenvalue weighted by molar-refractivity contribution is -0.00883. The van der Waals surface area contributed by atoms with Crippen LogP contribution >= 0.6 is 0 Å². The van der Waals surface area contributed by atoms with E-state index in [1.165, 1.54) is 24.0 Å². The third kappa shape index (κ3) is 2.73. The van der Waals surface area contributed by atoms with Crippen LogP contribution in [0.25, 0.3) is 0 Å². The van der Waals surface area contributed by atoms with Gasteiger partial charge < -0.3 is 9.47 Å². The standard InChI is InChI=1S/C20H30O2/c1-19(2,3)13-11-12-14(20(4,5)6)18-17(13)21-15-9-7-8-10-16(15)22-18/h11-12,15-16H,7-10H2,1-6H3. The molecular formula is C20H30O2. The van der Waals surface area contributed by atoms with Gasteiger partial charge in [0.05, 0.1) is 0 Å². The Morgan fingerprint density at radius 2 is 1.09 bits per heavy atom. The van der Waals surface area contributed by atoms with E-state index in [9.17, 15) is 0 Å². The van der Waals surface area contributed by atoms with Gasteiger partial charge in [0, 0.05) is 11.1 Å². The Morgan fingerprint density at radius 1 is 0.727 bits per heavy atom. The minimum Gasteiger partial charge on any atom is -0.482 e. The monoisotopic (exact) mass is 302 g/mol. The molecule has 2 heteroatoms. The van der Waals surface area contributed by atoms with Crippen LogP contribution in [0.2, 0.25) is 0 Å². The Hall–Kier alpha value is -1.18. The largest absolute Gasteiger partial charge is 0.482 e. The highest BCUT2D eigenvalue weighted by Crippen LogP contribution is 2.49. The van der Waals surface area contributed by atoms with Crippen LogP contribution in [0.15, 0.2) is 12.1 Å². The summed E-state index contributed by atoms with van der Waals surface area (Å²) >= 11 is 0. The Bertz CT molecular complexity index is 509. The van der Waals surface area contributed by atoms with E-state index in [1.54, 1.807) is 0 Å². The average molecular weight is 302 g/mol. The molecule has 1 aliphatic carbocycles. The number of ether oxygens (including phenoxy) is 2. The third-order valence-electron chi connectivity index (χ3n) is 4.91. The van der Waals surface area contributed by atoms with Crippen molar-refractivity contribution < 1.29 is 9.47 Å². The first-order valence-corrected chi connectivity index (χ1v) is 8.69. The van der Waals surface area contributed by atoms with Gasteiger partial charge in [-0.2, -0.15) is 0 Å². The quantitative estimate of drug-likeness (QED) is 0.642. The maximum absolute atomic E-state index is 6.50. The van der Waals surface area contributed by atoms with Crippen molar-refractivity contribution in [1.82, 2.24) is 0 Å². The highest BCUT2D eigenvalue weighted by Gasteiger charge is 2.39. The number of fused-ring (bicyclic) bond motifs is 2. The fourth-order valence-corrected chi connectivity index (χ4v) is 3.61. The van der Waals surface area contributed by atoms with Crippen molar-refractivity contribution in [3.8, 4) is 11.5 Å². The molecule has 0 aromatic heterocycles. The number of benzene rings is 1. The summed E-state index contributed by atoms with van der Waals surface area (Å²) in [5.74, 6) is 2.01. The fourth-order valence-electron chi connectivity index (χ4n) is 3.61. The molecule has 1 fully saturated rings. The zero-order chi connectivity index (χ0) is 16.1. The number of rotatable bonds is 0. The predicted octanol–water partition coefficient (Wildman–Crippen LogP) is 5.36. The molecule has 0 amide bonds. The molecular weight excluding hydrogens is 272 g/mol. The van der Waals surface area contributed by atoms with Crippen molar-refractivity contribution in [2.45, 2.75) is 90.3 Å². The van der Waals surface area contributed by atoms with Gasteiger partial charge in [0.15, 0.2) is 11.5 Å². The first-order valence-electron chi connectivity index (χ1n) is 8.69. The smallest absolute Gasteiger partial charge is 0.165 e. The second-order valence-corrected chi connectivity index (χ2v) is 8.92. The Kier molecular flexibility index (Phi) is 3.70. The number of hydrogen-bond acceptors (Lipinski definition) is 2. The maximum Gasteiger partial charge on any atom is 0.165 e. The van der Waals surface area contributed by atoms with Crippen molar-refractivity contribution in [2.75, 3.05) is 0 Å². The van der Waals surface area contributed by atoms with E-state index < -0.39 is 0 Å². The van der Waals surface area contributed by atoms with Gasteiger partial charge >= 0.3 is 0 Å². The van der Waals surface area contributed by atoms with Gasteiger partial charge in [0.25, 0.3) is 0 Å². The third-order valence-corrected chi connectivity index (χ3v) is 4.91. The van der Waals surface area contributed by atoms with Crippen molar-refractivity contribution in [3.63, 3.8) is 0 Å². The van der Waals surface area contributed by atoms with E-state index in [0.717, 1.165) is 24.3 Å². The molecule has 0 spiro atoms. The second kappa shape index (κ2) is 5.18. The van der Waals surface area contributed by atoms with Crippen LogP contribution in [-0.4, -0.2) is 12.2 Å². The van der Waals surface area contributed by atoms with E-state index >= 15 is 0 Å². The van der Waals surface area contributed by atoms with Crippen LogP contribution in [0, 0.1) is 0 Å². The summed E-state index contributed by atoms with van der Waals surface area (Å²) in [7, 11) is 0. The van der Waals surface area contributed by atoms with Crippen molar-refractivity contribution in [2.24, 2.45) is 0 Å². The molecule has 0 bridgehead atoms. The normalized spacial score (nSPS) is 24.8. The minimum absolute atomic E-state index is 0.0609. The molecule has 3 rings (SSSR count). The molecule has 1 saturated carbocycles. The Morgan fingerprint density at radius 3 is 1.41 bits per heavy atom. The molecule has 122 valence electrons. The fraction of sp³-hybridized carbons (Fsp3) is 0.700. The topological polar surface area (TPSA) is 18.5 Å². The summed E-state index contributed by atoms with van der Waals surface area (Å²) in [5.41, 5.74) is 2.65. The van der Waals surface area contributed by atoms with E-state index in [2.05, 4.69) is 53.7 Å². The van der Waals surface area contributed by atoms with Gasteiger partial charge in [-0.25, -0.2) is 0 Å². The van der Waals surface area contributed by atoms with E-state index in [-0.39, 0.29) is 23.0 Å². The van der Waals surface area contributed by atoms with Crippen LogP contribution in [0.3, 0.4) is 0 Å². The van der Waals surface area contributed by atoms with Gasteiger partial charge in [0.1, 0.15) is 12.2 Å². The van der Waals surface area contributed by atoms with Crippen LogP contribution in [0.5, 0.6) is 11.5 Å². The molecule has 0 radical (unpaired) electrons. The molecule has 22 heavy (non-hydrogen) atoms. The summed E-state index contributed by atoms with van der Waals surface area (Å²) in [4.78, 5) is 0. The summed E-state index contributed by atoms with van der Waals surface area (Å²) in [6.45, 7) is 13.5. The maximum atomic E-state index is 6.50. The molecule has 2 nitrogen and oxygen atoms in total. The van der Waals surface area contributed by atoms with Gasteiger partial charge in [0.2, 0.25) is 0 Å². The lowest BCUT2D eigenvalue weighted by atomic mass is 9.80. The van der Waals surface area contributed by atoms with Crippen LogP contribution in [0.4, 0.5) is 0 Å². The zero-order valence-electron chi connectivity index (χ0n) is 15.0. The van der Waals surface area contributed by atoms with Crippen LogP contribution < -0.4 is 9.47 Å². The van der Waals surface area contributed by atoms with Gasteiger partial charge in [-0.1, -0.05) is 53.7 Å². The Labute approximate surface area is 135 Å². The van der Waals surface area contributed by atoms with E-state index in [1.807, 2.05) is 0 Å². The molecule has 1 heterocycles. The zero-order valence-corrected chi connectivity index (χ0v) is 15.0. The summed E-state index contributed by atoms with van der Waals surface area (Å²) in [5, 5.41) is 0. The number of hydrogen-bond donors (Lipinski definition) is 0. The predicted molar refractivity (Wildman–Crippen MR) is 91.1 cm³/mol. The molecule has 2 unspecified atom stereocenters. The van der Waals surface area contributed by atoms with E-state index in [4.69, 9.17) is 9.47 Å². The SMILES string of the molecule is CC(C)(C)c1ccc(C(C)(C)C)c2c1OC1CCCCC1O2. The lowest BCUT2D eigenvalue weighted by Crippen LogP contribution is -2.43. The molecule has 0 N–H and O–H groups in total. The average Bonchev–Trinajstić information content (AvgIpc) is 2.41. The summed E-state index contributed by atoms with van der Waals surface area (Å²) < 4.78 is 13.0. The van der Waals surface area contributed by atoms with Crippen molar-refractivity contribution >= 4 is 0 Å². The van der Waals surface area contributed by atoms with Gasteiger partial charge in [-0.15, -0.1) is 0 Å². The molecule has 2 aliphatic rings. The lowest BCUT2D eigenvalue weighted by Gasteiger charge is -2.41. The van der Waals surface area contributed by atoms with Crippen molar-refractivity contribution in [3.05, 3.63) is 23.3 Å². The molecule has 1 aromatic rings. The summed E-state index contributed by atoms with van der Waals surface area (Å²) in [6.07, 6.45) is 5.21.